The minimum Gasteiger partial charge on any atom is -0.422 e. The van der Waals surface area contributed by atoms with Gasteiger partial charge >= 0.3 is 6.01 Å². The van der Waals surface area contributed by atoms with Crippen molar-refractivity contribution in [2.75, 3.05) is 5.43 Å². The number of fused-ring (bicyclic) bond motifs is 1. The fraction of sp³-hybridized carbons (Fsp3) is 0.364. The molecule has 0 bridgehead atoms. The average molecular weight is 205 g/mol. The lowest BCUT2D eigenvalue weighted by molar-refractivity contribution is 0.561. The average Bonchev–Trinajstić information content (AvgIpc) is 2.57. The van der Waals surface area contributed by atoms with Crippen LogP contribution in [0, 0.1) is 0 Å². The van der Waals surface area contributed by atoms with Crippen LogP contribution in [-0.4, -0.2) is 4.98 Å². The predicted molar refractivity (Wildman–Crippen MR) is 60.5 cm³/mol. The third-order valence-electron chi connectivity index (χ3n) is 2.35. The highest BCUT2D eigenvalue weighted by atomic mass is 16.4. The number of nitrogen functional groups attached to an aromatic ring is 1. The van der Waals surface area contributed by atoms with Gasteiger partial charge in [0.15, 0.2) is 5.58 Å². The van der Waals surface area contributed by atoms with Gasteiger partial charge in [-0.25, -0.2) is 5.84 Å². The van der Waals surface area contributed by atoms with E-state index in [0.717, 1.165) is 16.7 Å². The molecule has 0 spiro atoms. The number of hydrazine groups is 1. The maximum Gasteiger partial charge on any atom is 0.310 e. The number of nitrogens with one attached hydrogen (secondary N) is 1. The van der Waals surface area contributed by atoms with E-state index in [4.69, 9.17) is 10.3 Å². The topological polar surface area (TPSA) is 64.1 Å². The molecule has 1 aromatic heterocycles. The molecule has 2 aromatic rings. The quantitative estimate of drug-likeness (QED) is 0.554. The van der Waals surface area contributed by atoms with Gasteiger partial charge in [0.1, 0.15) is 5.52 Å². The Kier molecular flexibility index (Phi) is 2.16. The number of oxazole rings is 1. The standard InChI is InChI=1S/C11H15N3O/c1-11(2,3)7-5-4-6-8-9(7)15-10(13-8)14-12/h4-6H,12H2,1-3H3,(H,13,14). The summed E-state index contributed by atoms with van der Waals surface area (Å²) in [7, 11) is 0. The summed E-state index contributed by atoms with van der Waals surface area (Å²) in [6.07, 6.45) is 0. The molecule has 0 saturated heterocycles. The van der Waals surface area contributed by atoms with Crippen LogP contribution >= 0.6 is 0 Å². The lowest BCUT2D eigenvalue weighted by Crippen LogP contribution is -2.11. The molecule has 1 aromatic carbocycles. The molecule has 15 heavy (non-hydrogen) atoms. The molecule has 0 radical (unpaired) electrons. The van der Waals surface area contributed by atoms with Gasteiger partial charge in [0, 0.05) is 5.56 Å². The van der Waals surface area contributed by atoms with Gasteiger partial charge in [-0.1, -0.05) is 32.9 Å². The second-order valence-corrected chi connectivity index (χ2v) is 4.57. The molecule has 80 valence electrons. The van der Waals surface area contributed by atoms with Gasteiger partial charge < -0.3 is 4.42 Å². The molecule has 0 aliphatic heterocycles. The van der Waals surface area contributed by atoms with Crippen LogP contribution in [0.5, 0.6) is 0 Å². The fourth-order valence-corrected chi connectivity index (χ4v) is 1.60. The molecule has 0 unspecified atom stereocenters. The van der Waals surface area contributed by atoms with Crippen molar-refractivity contribution < 1.29 is 4.42 Å². The number of benzene rings is 1. The predicted octanol–water partition coefficient (Wildman–Crippen LogP) is 2.41. The summed E-state index contributed by atoms with van der Waals surface area (Å²) in [5.41, 5.74) is 5.22. The molecule has 0 aliphatic rings. The third-order valence-corrected chi connectivity index (χ3v) is 2.35. The molecule has 4 heteroatoms. The third kappa shape index (κ3) is 1.68. The normalized spacial score (nSPS) is 12.0. The Bertz CT molecular complexity index is 482. The number of rotatable bonds is 1. The molecular weight excluding hydrogens is 190 g/mol. The molecule has 2 rings (SSSR count). The van der Waals surface area contributed by atoms with Crippen molar-refractivity contribution in [1.82, 2.24) is 4.98 Å². The van der Waals surface area contributed by atoms with Crippen molar-refractivity contribution in [2.45, 2.75) is 26.2 Å². The Morgan fingerprint density at radius 1 is 1.33 bits per heavy atom. The van der Waals surface area contributed by atoms with Crippen molar-refractivity contribution in [3.8, 4) is 0 Å². The van der Waals surface area contributed by atoms with E-state index in [1.54, 1.807) is 0 Å². The highest BCUT2D eigenvalue weighted by molar-refractivity contribution is 5.79. The van der Waals surface area contributed by atoms with Crippen LogP contribution in [0.25, 0.3) is 11.1 Å². The number of anilines is 1. The number of hydrogen-bond acceptors (Lipinski definition) is 4. The van der Waals surface area contributed by atoms with Crippen LogP contribution in [0.3, 0.4) is 0 Å². The zero-order chi connectivity index (χ0) is 11.1. The summed E-state index contributed by atoms with van der Waals surface area (Å²) in [6.45, 7) is 6.42. The first-order chi connectivity index (χ1) is 7.02. The zero-order valence-electron chi connectivity index (χ0n) is 9.16. The molecule has 0 aliphatic carbocycles. The summed E-state index contributed by atoms with van der Waals surface area (Å²) < 4.78 is 5.53. The number of hydrogen-bond donors (Lipinski definition) is 2. The van der Waals surface area contributed by atoms with Crippen LogP contribution in [0.2, 0.25) is 0 Å². The van der Waals surface area contributed by atoms with E-state index in [-0.39, 0.29) is 5.41 Å². The van der Waals surface area contributed by atoms with E-state index in [2.05, 4.69) is 31.2 Å². The van der Waals surface area contributed by atoms with Gasteiger partial charge in [0.2, 0.25) is 0 Å². The molecular formula is C11H15N3O. The van der Waals surface area contributed by atoms with Crippen LogP contribution in [0.4, 0.5) is 6.01 Å². The van der Waals surface area contributed by atoms with Gasteiger partial charge in [0.25, 0.3) is 0 Å². The minimum atomic E-state index is 0.0327. The van der Waals surface area contributed by atoms with E-state index in [1.165, 1.54) is 0 Å². The molecule has 0 atom stereocenters. The highest BCUT2D eigenvalue weighted by Gasteiger charge is 2.19. The Hall–Kier alpha value is -1.55. The van der Waals surface area contributed by atoms with E-state index in [1.807, 2.05) is 18.2 Å². The van der Waals surface area contributed by atoms with Gasteiger partial charge in [-0.3, -0.25) is 5.43 Å². The van der Waals surface area contributed by atoms with Gasteiger partial charge in [-0.15, -0.1) is 0 Å². The monoisotopic (exact) mass is 205 g/mol. The smallest absolute Gasteiger partial charge is 0.310 e. The number of nitrogens with zero attached hydrogens (tertiary/aromatic N) is 1. The Morgan fingerprint density at radius 3 is 2.67 bits per heavy atom. The second kappa shape index (κ2) is 3.24. The molecule has 3 N–H and O–H groups in total. The summed E-state index contributed by atoms with van der Waals surface area (Å²) >= 11 is 0. The molecule has 4 nitrogen and oxygen atoms in total. The van der Waals surface area contributed by atoms with Gasteiger partial charge in [-0.05, 0) is 11.5 Å². The highest BCUT2D eigenvalue weighted by Crippen LogP contribution is 2.31. The zero-order valence-corrected chi connectivity index (χ0v) is 9.16. The first kappa shape index (κ1) is 9.98. The van der Waals surface area contributed by atoms with Crippen LogP contribution in [0.1, 0.15) is 26.3 Å². The number of nitrogens with two attached hydrogens (primary N) is 1. The van der Waals surface area contributed by atoms with Crippen molar-refractivity contribution in [1.29, 1.82) is 0 Å². The molecule has 0 amide bonds. The summed E-state index contributed by atoms with van der Waals surface area (Å²) in [6, 6.07) is 6.29. The van der Waals surface area contributed by atoms with E-state index >= 15 is 0 Å². The molecule has 1 heterocycles. The van der Waals surface area contributed by atoms with E-state index < -0.39 is 0 Å². The SMILES string of the molecule is CC(C)(C)c1cccc2nc(NN)oc12. The van der Waals surface area contributed by atoms with Crippen LogP contribution in [-0.2, 0) is 5.41 Å². The van der Waals surface area contributed by atoms with Crippen molar-refractivity contribution in [2.24, 2.45) is 5.84 Å². The van der Waals surface area contributed by atoms with Crippen LogP contribution in [0.15, 0.2) is 22.6 Å². The van der Waals surface area contributed by atoms with E-state index in [9.17, 15) is 0 Å². The molecule has 0 fully saturated rings. The van der Waals surface area contributed by atoms with Crippen LogP contribution < -0.4 is 11.3 Å². The number of para-hydroxylation sites is 1. The summed E-state index contributed by atoms with van der Waals surface area (Å²) in [5.74, 6) is 5.27. The second-order valence-electron chi connectivity index (χ2n) is 4.57. The number of aromatic nitrogens is 1. The molecule has 0 saturated carbocycles. The van der Waals surface area contributed by atoms with Gasteiger partial charge in [-0.2, -0.15) is 4.98 Å². The van der Waals surface area contributed by atoms with Crippen molar-refractivity contribution in [3.05, 3.63) is 23.8 Å². The van der Waals surface area contributed by atoms with Gasteiger partial charge in [0.05, 0.1) is 0 Å². The first-order valence-corrected chi connectivity index (χ1v) is 4.89. The maximum absolute atomic E-state index is 5.53. The Labute approximate surface area is 88.4 Å². The Morgan fingerprint density at radius 2 is 2.07 bits per heavy atom. The van der Waals surface area contributed by atoms with Crippen molar-refractivity contribution >= 4 is 17.1 Å². The summed E-state index contributed by atoms with van der Waals surface area (Å²) in [5, 5.41) is 0. The lowest BCUT2D eigenvalue weighted by Gasteiger charge is -2.18. The first-order valence-electron chi connectivity index (χ1n) is 4.89. The maximum atomic E-state index is 5.53. The van der Waals surface area contributed by atoms with E-state index in [0.29, 0.717) is 6.01 Å². The largest absolute Gasteiger partial charge is 0.422 e. The van der Waals surface area contributed by atoms with Crippen molar-refractivity contribution in [3.63, 3.8) is 0 Å². The minimum absolute atomic E-state index is 0.0327. The Balaban J connectivity index is 2.70. The fourth-order valence-electron chi connectivity index (χ4n) is 1.60. The summed E-state index contributed by atoms with van der Waals surface area (Å²) in [4.78, 5) is 4.20. The lowest BCUT2D eigenvalue weighted by atomic mass is 9.86.